The van der Waals surface area contributed by atoms with Crippen LogP contribution in [0.3, 0.4) is 0 Å². The Bertz CT molecular complexity index is 702. The van der Waals surface area contributed by atoms with Crippen LogP contribution in [0.5, 0.6) is 5.75 Å². The lowest BCUT2D eigenvalue weighted by molar-refractivity contribution is -0.123. The second kappa shape index (κ2) is 8.60. The van der Waals surface area contributed by atoms with Gasteiger partial charge in [0.2, 0.25) is 0 Å². The van der Waals surface area contributed by atoms with E-state index in [0.717, 1.165) is 16.8 Å². The Balaban J connectivity index is 1.82. The fourth-order valence-electron chi connectivity index (χ4n) is 2.27. The predicted octanol–water partition coefficient (Wildman–Crippen LogP) is 4.16. The van der Waals surface area contributed by atoms with Crippen LogP contribution in [0.25, 0.3) is 0 Å². The molecule has 0 aromatic heterocycles. The average molecular weight is 347 g/mol. The molecule has 0 unspecified atom stereocenters. The van der Waals surface area contributed by atoms with E-state index in [9.17, 15) is 4.79 Å². The van der Waals surface area contributed by atoms with Crippen LogP contribution in [0.15, 0.2) is 42.5 Å². The maximum atomic E-state index is 12.0. The largest absolute Gasteiger partial charge is 0.484 e. The molecule has 0 spiro atoms. The molecular formula is C19H23ClN2O2. The number of rotatable bonds is 7. The van der Waals surface area contributed by atoms with E-state index in [4.69, 9.17) is 16.3 Å². The van der Waals surface area contributed by atoms with E-state index in [0.29, 0.717) is 23.4 Å². The molecular weight excluding hydrogens is 324 g/mol. The van der Waals surface area contributed by atoms with Gasteiger partial charge in [0.15, 0.2) is 6.61 Å². The number of amides is 1. The van der Waals surface area contributed by atoms with Gasteiger partial charge in [0.25, 0.3) is 5.91 Å². The molecule has 0 aliphatic rings. The third-order valence-corrected chi connectivity index (χ3v) is 3.60. The highest BCUT2D eigenvalue weighted by Crippen LogP contribution is 2.21. The third-order valence-electron chi connectivity index (χ3n) is 3.37. The smallest absolute Gasteiger partial charge is 0.258 e. The molecule has 0 heterocycles. The average Bonchev–Trinajstić information content (AvgIpc) is 2.52. The summed E-state index contributed by atoms with van der Waals surface area (Å²) in [5.41, 5.74) is 2.99. The minimum atomic E-state index is -0.161. The van der Waals surface area contributed by atoms with Gasteiger partial charge in [-0.15, -0.1) is 0 Å². The summed E-state index contributed by atoms with van der Waals surface area (Å²) in [5.74, 6) is 0.504. The highest BCUT2D eigenvalue weighted by Gasteiger charge is 2.06. The van der Waals surface area contributed by atoms with E-state index in [1.165, 1.54) is 0 Å². The highest BCUT2D eigenvalue weighted by molar-refractivity contribution is 6.30. The molecule has 5 heteroatoms. The topological polar surface area (TPSA) is 50.4 Å². The van der Waals surface area contributed by atoms with Crippen LogP contribution in [0, 0.1) is 6.92 Å². The fourth-order valence-corrected chi connectivity index (χ4v) is 2.50. The van der Waals surface area contributed by atoms with Crippen molar-refractivity contribution in [1.82, 2.24) is 5.32 Å². The number of hydrogen-bond donors (Lipinski definition) is 2. The molecule has 1 amide bonds. The zero-order valence-corrected chi connectivity index (χ0v) is 15.0. The van der Waals surface area contributed by atoms with E-state index in [1.807, 2.05) is 37.3 Å². The molecule has 4 nitrogen and oxygen atoms in total. The molecule has 24 heavy (non-hydrogen) atoms. The number of ether oxygens (including phenoxy) is 1. The second-order valence-electron chi connectivity index (χ2n) is 5.97. The summed E-state index contributed by atoms with van der Waals surface area (Å²) in [4.78, 5) is 12.0. The van der Waals surface area contributed by atoms with Crippen molar-refractivity contribution in [2.75, 3.05) is 11.9 Å². The number of anilines is 1. The molecule has 0 bridgehead atoms. The minimum absolute atomic E-state index is 0.0214. The molecule has 0 aliphatic heterocycles. The Morgan fingerprint density at radius 1 is 1.21 bits per heavy atom. The van der Waals surface area contributed by atoms with E-state index in [-0.39, 0.29) is 12.5 Å². The summed E-state index contributed by atoms with van der Waals surface area (Å²) < 4.78 is 5.54. The maximum Gasteiger partial charge on any atom is 0.258 e. The van der Waals surface area contributed by atoms with E-state index < -0.39 is 0 Å². The van der Waals surface area contributed by atoms with Gasteiger partial charge < -0.3 is 15.4 Å². The Kier molecular flexibility index (Phi) is 6.50. The van der Waals surface area contributed by atoms with E-state index >= 15 is 0 Å². The van der Waals surface area contributed by atoms with Gasteiger partial charge >= 0.3 is 0 Å². The number of benzene rings is 2. The van der Waals surface area contributed by atoms with Crippen LogP contribution in [-0.4, -0.2) is 18.6 Å². The monoisotopic (exact) mass is 346 g/mol. The summed E-state index contributed by atoms with van der Waals surface area (Å²) in [5, 5.41) is 6.86. The van der Waals surface area contributed by atoms with Crippen LogP contribution in [0.1, 0.15) is 25.0 Å². The Labute approximate surface area is 148 Å². The number of carbonyl (C=O) groups is 1. The van der Waals surface area contributed by atoms with Gasteiger partial charge in [-0.05, 0) is 62.2 Å². The summed E-state index contributed by atoms with van der Waals surface area (Å²) in [6.45, 7) is 6.52. The Hall–Kier alpha value is -2.20. The van der Waals surface area contributed by atoms with Crippen LogP contribution in [-0.2, 0) is 11.3 Å². The number of aryl methyl sites for hydroxylation is 1. The van der Waals surface area contributed by atoms with Gasteiger partial charge in [-0.1, -0.05) is 23.7 Å². The number of carbonyl (C=O) groups excluding carboxylic acids is 1. The lowest BCUT2D eigenvalue weighted by atomic mass is 10.2. The van der Waals surface area contributed by atoms with Crippen molar-refractivity contribution in [3.63, 3.8) is 0 Å². The second-order valence-corrected chi connectivity index (χ2v) is 6.41. The zero-order chi connectivity index (χ0) is 17.5. The minimum Gasteiger partial charge on any atom is -0.484 e. The van der Waals surface area contributed by atoms with Crippen molar-refractivity contribution >= 4 is 23.2 Å². The molecule has 0 radical (unpaired) electrons. The van der Waals surface area contributed by atoms with Crippen LogP contribution < -0.4 is 15.4 Å². The molecule has 0 saturated carbocycles. The molecule has 0 saturated heterocycles. The van der Waals surface area contributed by atoms with Crippen molar-refractivity contribution in [1.29, 1.82) is 0 Å². The van der Waals surface area contributed by atoms with Gasteiger partial charge in [0.1, 0.15) is 5.75 Å². The van der Waals surface area contributed by atoms with Gasteiger partial charge in [-0.25, -0.2) is 0 Å². The predicted molar refractivity (Wildman–Crippen MR) is 98.7 cm³/mol. The molecule has 128 valence electrons. The first-order chi connectivity index (χ1) is 11.4. The Morgan fingerprint density at radius 3 is 2.71 bits per heavy atom. The molecule has 2 aromatic carbocycles. The van der Waals surface area contributed by atoms with Gasteiger partial charge in [-0.2, -0.15) is 0 Å². The zero-order valence-electron chi connectivity index (χ0n) is 14.2. The van der Waals surface area contributed by atoms with Gasteiger partial charge in [0.05, 0.1) is 0 Å². The van der Waals surface area contributed by atoms with Crippen molar-refractivity contribution < 1.29 is 9.53 Å². The first kappa shape index (κ1) is 18.1. The molecule has 2 aromatic rings. The highest BCUT2D eigenvalue weighted by atomic mass is 35.5. The quantitative estimate of drug-likeness (QED) is 0.791. The summed E-state index contributed by atoms with van der Waals surface area (Å²) in [6.07, 6.45) is 0. The maximum absolute atomic E-state index is 12.0. The van der Waals surface area contributed by atoms with Gasteiger partial charge in [0, 0.05) is 23.3 Å². The summed E-state index contributed by atoms with van der Waals surface area (Å²) in [7, 11) is 0. The lowest BCUT2D eigenvalue weighted by Crippen LogP contribution is -2.28. The fraction of sp³-hybridized carbons (Fsp3) is 0.316. The molecule has 2 N–H and O–H groups in total. The summed E-state index contributed by atoms with van der Waals surface area (Å²) in [6, 6.07) is 13.7. The molecule has 0 atom stereocenters. The first-order valence-corrected chi connectivity index (χ1v) is 8.33. The standard InChI is InChI=1S/C19H23ClN2O2/c1-13(2)22-17-6-4-5-15(10-17)11-21-19(23)12-24-18-8-7-16(20)9-14(18)3/h4-10,13,22H,11-12H2,1-3H3,(H,21,23). The van der Waals surface area contributed by atoms with Crippen LogP contribution >= 0.6 is 11.6 Å². The van der Waals surface area contributed by atoms with E-state index in [1.54, 1.807) is 12.1 Å². The van der Waals surface area contributed by atoms with Crippen LogP contribution in [0.2, 0.25) is 5.02 Å². The van der Waals surface area contributed by atoms with Crippen molar-refractivity contribution in [2.45, 2.75) is 33.4 Å². The Morgan fingerprint density at radius 2 is 2.00 bits per heavy atom. The number of hydrogen-bond acceptors (Lipinski definition) is 3. The third kappa shape index (κ3) is 5.78. The number of halogens is 1. The van der Waals surface area contributed by atoms with Crippen LogP contribution in [0.4, 0.5) is 5.69 Å². The molecule has 0 aliphatic carbocycles. The summed E-state index contributed by atoms with van der Waals surface area (Å²) >= 11 is 5.90. The van der Waals surface area contributed by atoms with Crippen molar-refractivity contribution in [2.24, 2.45) is 0 Å². The normalized spacial score (nSPS) is 10.5. The first-order valence-electron chi connectivity index (χ1n) is 7.95. The van der Waals surface area contributed by atoms with Crippen molar-refractivity contribution in [3.8, 4) is 5.75 Å². The number of nitrogens with one attached hydrogen (secondary N) is 2. The molecule has 0 fully saturated rings. The van der Waals surface area contributed by atoms with Crippen molar-refractivity contribution in [3.05, 3.63) is 58.6 Å². The van der Waals surface area contributed by atoms with Gasteiger partial charge in [-0.3, -0.25) is 4.79 Å². The molecule has 2 rings (SSSR count). The van der Waals surface area contributed by atoms with E-state index in [2.05, 4.69) is 24.5 Å². The lowest BCUT2D eigenvalue weighted by Gasteiger charge is -2.12. The SMILES string of the molecule is Cc1cc(Cl)ccc1OCC(=O)NCc1cccc(NC(C)C)c1.